The molecule has 0 atom stereocenters. The van der Waals surface area contributed by atoms with Gasteiger partial charge in [-0.3, -0.25) is 9.55 Å². The summed E-state index contributed by atoms with van der Waals surface area (Å²) in [6.45, 7) is 13.9. The van der Waals surface area contributed by atoms with Crippen LogP contribution in [0.25, 0.3) is 193 Å². The van der Waals surface area contributed by atoms with Crippen LogP contribution in [0.4, 0.5) is 0 Å². The minimum Gasteiger partial charge on any atom is -0.436 e. The van der Waals surface area contributed by atoms with E-state index >= 15 is 0 Å². The summed E-state index contributed by atoms with van der Waals surface area (Å²) in [4.78, 5) is 19.3. The maximum Gasteiger partial charge on any atom is 0.227 e. The molecule has 109 heavy (non-hydrogen) atoms. The Kier molecular flexibility index (Phi) is 14.4. The zero-order chi connectivity index (χ0) is 72.9. The van der Waals surface area contributed by atoms with E-state index in [9.17, 15) is 0 Å². The molecule has 0 saturated heterocycles. The largest absolute Gasteiger partial charge is 0.436 e. The Labute approximate surface area is 629 Å². The van der Waals surface area contributed by atoms with Crippen LogP contribution in [0, 0.1) is 27.7 Å². The maximum atomic E-state index is 6.10. The molecule has 6 heterocycles. The molecule has 0 fully saturated rings. The van der Waals surface area contributed by atoms with Crippen LogP contribution < -0.4 is 0 Å². The normalized spacial score (nSPS) is 12.6. The number of aromatic nitrogens is 7. The Balaban J connectivity index is 0.000000139. The standard InChI is InChI=1S/C51H35N5.C50H36N2O/c1-32-33(2)55(37-25-23-35(24-26-37)51-54-46-19-10-11-22-47(46)56(51)36-13-4-3-5-14-36)50-41-18-9-7-16-39(41)43-31-42(38-15-6-8-17-40(38)49(43)48(32)50)45-21-12-20-44(53-45)34-27-29-52-30-28-34;1-29-30(2)52(33-25-26-37-36-15-9-10-18-42(36)50(3,4)43(37)27-33)48-39-17-8-6-14-35(39)41-28-40(34-13-5-7-16-38(34)47(41)46(29)48)31-21-23-32(24-22-31)49-51-44-19-11-12-20-45(44)53-49/h3-31H,1-2H3;5-28H,1-4H3. The summed E-state index contributed by atoms with van der Waals surface area (Å²) in [5.41, 5.74) is 28.6. The quantitative estimate of drug-likeness (QED) is 0.142. The summed E-state index contributed by atoms with van der Waals surface area (Å²) in [5, 5.41) is 17.6. The molecular formula is C101H71N7O. The van der Waals surface area contributed by atoms with Crippen LogP contribution in [0.15, 0.2) is 326 Å². The lowest BCUT2D eigenvalue weighted by Crippen LogP contribution is -2.15. The molecule has 0 amide bonds. The van der Waals surface area contributed by atoms with E-state index < -0.39 is 0 Å². The minimum atomic E-state index is -0.0734. The van der Waals surface area contributed by atoms with Crippen molar-refractivity contribution < 1.29 is 4.42 Å². The second kappa shape index (κ2) is 24.6. The highest BCUT2D eigenvalue weighted by atomic mass is 16.3. The van der Waals surface area contributed by atoms with Crippen molar-refractivity contribution in [2.24, 2.45) is 0 Å². The summed E-state index contributed by atoms with van der Waals surface area (Å²) in [7, 11) is 0. The van der Waals surface area contributed by atoms with Crippen molar-refractivity contribution >= 4 is 109 Å². The van der Waals surface area contributed by atoms with E-state index in [1.54, 1.807) is 0 Å². The van der Waals surface area contributed by atoms with E-state index in [1.165, 1.54) is 148 Å². The highest BCUT2D eigenvalue weighted by molar-refractivity contribution is 6.35. The van der Waals surface area contributed by atoms with Crippen molar-refractivity contribution in [2.75, 3.05) is 0 Å². The van der Waals surface area contributed by atoms with E-state index in [-0.39, 0.29) is 5.41 Å². The molecule has 0 unspecified atom stereocenters. The lowest BCUT2D eigenvalue weighted by atomic mass is 9.82. The molecule has 1 aliphatic rings. The topological polar surface area (TPSA) is 79.5 Å². The van der Waals surface area contributed by atoms with Gasteiger partial charge in [-0.25, -0.2) is 15.0 Å². The molecule has 8 heteroatoms. The lowest BCUT2D eigenvalue weighted by Gasteiger charge is -2.22. The molecule has 22 rings (SSSR count). The first-order chi connectivity index (χ1) is 53.5. The average Bonchev–Trinajstić information content (AvgIpc) is 1.63. The number of aryl methyl sites for hydroxylation is 2. The number of benzene rings is 15. The molecule has 1 aliphatic carbocycles. The Hall–Kier alpha value is -13.8. The van der Waals surface area contributed by atoms with Crippen LogP contribution in [0.2, 0.25) is 0 Å². The number of fused-ring (bicyclic) bond motifs is 21. The van der Waals surface area contributed by atoms with Gasteiger partial charge in [0.1, 0.15) is 11.3 Å². The molecule has 15 aromatic carbocycles. The van der Waals surface area contributed by atoms with Crippen LogP contribution in [0.3, 0.4) is 0 Å². The number of para-hydroxylation sites is 5. The van der Waals surface area contributed by atoms with Crippen molar-refractivity contribution in [1.82, 2.24) is 33.6 Å². The van der Waals surface area contributed by atoms with Gasteiger partial charge in [0.05, 0.1) is 33.5 Å². The predicted octanol–water partition coefficient (Wildman–Crippen LogP) is 26.3. The van der Waals surface area contributed by atoms with Gasteiger partial charge in [-0.05, 0) is 247 Å². The van der Waals surface area contributed by atoms with Crippen molar-refractivity contribution in [3.05, 3.63) is 355 Å². The van der Waals surface area contributed by atoms with Crippen molar-refractivity contribution in [2.45, 2.75) is 47.0 Å². The fourth-order valence-corrected chi connectivity index (χ4v) is 18.1. The molecule has 0 radical (unpaired) electrons. The first-order valence-corrected chi connectivity index (χ1v) is 37.5. The van der Waals surface area contributed by atoms with Crippen LogP contribution >= 0.6 is 0 Å². The molecule has 516 valence electrons. The molecule has 0 saturated carbocycles. The van der Waals surface area contributed by atoms with E-state index in [1.807, 2.05) is 48.8 Å². The Morgan fingerprint density at radius 3 is 1.48 bits per heavy atom. The highest BCUT2D eigenvalue weighted by Gasteiger charge is 2.36. The van der Waals surface area contributed by atoms with Gasteiger partial charge in [-0.1, -0.05) is 202 Å². The monoisotopic (exact) mass is 1400 g/mol. The van der Waals surface area contributed by atoms with Crippen LogP contribution in [-0.2, 0) is 5.41 Å². The van der Waals surface area contributed by atoms with Crippen LogP contribution in [-0.4, -0.2) is 33.6 Å². The fraction of sp³-hybridized carbons (Fsp3) is 0.0693. The Morgan fingerprint density at radius 1 is 0.303 bits per heavy atom. The third-order valence-corrected chi connectivity index (χ3v) is 23.5. The van der Waals surface area contributed by atoms with Gasteiger partial charge in [0, 0.05) is 90.1 Å². The molecule has 0 bridgehead atoms. The smallest absolute Gasteiger partial charge is 0.227 e. The molecule has 0 spiro atoms. The number of imidazole rings is 1. The third-order valence-electron chi connectivity index (χ3n) is 23.5. The molecule has 6 aromatic heterocycles. The first-order valence-electron chi connectivity index (χ1n) is 37.5. The number of rotatable bonds is 8. The zero-order valence-corrected chi connectivity index (χ0v) is 61.1. The molecular weight excluding hydrogens is 1330 g/mol. The SMILES string of the molecule is Cc1c(C)n(-c2ccc(-c3nc4ccccc4n3-c3ccccc3)cc2)c2c3ccccc3c3cc(-c4cccc(-c5ccncc5)n4)c4ccccc4c3c12.Cc1c(C)n(-c2ccc3c(c2)C(C)(C)c2ccccc2-3)c2c3ccccc3c3cc(-c4ccc(-c5nc6ccccc6o5)cc4)c4ccccc4c3c12. The number of hydrogen-bond acceptors (Lipinski definition) is 5. The van der Waals surface area contributed by atoms with Gasteiger partial charge >= 0.3 is 0 Å². The van der Waals surface area contributed by atoms with Gasteiger partial charge in [-0.15, -0.1) is 0 Å². The molecule has 0 aliphatic heterocycles. The van der Waals surface area contributed by atoms with E-state index in [4.69, 9.17) is 19.4 Å². The van der Waals surface area contributed by atoms with Gasteiger partial charge in [0.15, 0.2) is 5.58 Å². The number of oxazole rings is 1. The Bertz CT molecular complexity index is 7310. The number of pyridine rings is 2. The van der Waals surface area contributed by atoms with E-state index in [2.05, 4.69) is 333 Å². The molecule has 21 aromatic rings. The van der Waals surface area contributed by atoms with E-state index in [0.717, 1.165) is 73.0 Å². The Morgan fingerprint density at radius 2 is 0.807 bits per heavy atom. The second-order valence-corrected chi connectivity index (χ2v) is 29.7. The summed E-state index contributed by atoms with van der Waals surface area (Å²) in [6.07, 6.45) is 3.64. The summed E-state index contributed by atoms with van der Waals surface area (Å²) < 4.78 is 13.3. The van der Waals surface area contributed by atoms with Gasteiger partial charge in [-0.2, -0.15) is 0 Å². The lowest BCUT2D eigenvalue weighted by molar-refractivity contribution is 0.620. The summed E-state index contributed by atoms with van der Waals surface area (Å²) >= 11 is 0. The second-order valence-electron chi connectivity index (χ2n) is 29.7. The summed E-state index contributed by atoms with van der Waals surface area (Å²) in [5.74, 6) is 1.56. The maximum absolute atomic E-state index is 6.10. The first kappa shape index (κ1) is 63.6. The number of nitrogens with zero attached hydrogens (tertiary/aromatic N) is 7. The summed E-state index contributed by atoms with van der Waals surface area (Å²) in [6, 6.07) is 111. The molecule has 0 N–H and O–H groups in total. The zero-order valence-electron chi connectivity index (χ0n) is 61.1. The number of hydrogen-bond donors (Lipinski definition) is 0. The molecule has 8 nitrogen and oxygen atoms in total. The van der Waals surface area contributed by atoms with Crippen molar-refractivity contribution in [3.8, 4) is 84.7 Å². The fourth-order valence-electron chi connectivity index (χ4n) is 18.1. The van der Waals surface area contributed by atoms with Crippen molar-refractivity contribution in [3.63, 3.8) is 0 Å². The van der Waals surface area contributed by atoms with Gasteiger partial charge in [0.25, 0.3) is 0 Å². The van der Waals surface area contributed by atoms with Crippen LogP contribution in [0.1, 0.15) is 47.5 Å². The van der Waals surface area contributed by atoms with Gasteiger partial charge in [0.2, 0.25) is 5.89 Å². The van der Waals surface area contributed by atoms with Crippen molar-refractivity contribution in [1.29, 1.82) is 0 Å². The van der Waals surface area contributed by atoms with E-state index in [0.29, 0.717) is 5.89 Å². The highest BCUT2D eigenvalue weighted by Crippen LogP contribution is 2.52. The minimum absolute atomic E-state index is 0.0734. The third kappa shape index (κ3) is 9.77. The van der Waals surface area contributed by atoms with Gasteiger partial charge < -0.3 is 13.6 Å². The predicted molar refractivity (Wildman–Crippen MR) is 453 cm³/mol. The van der Waals surface area contributed by atoms with Crippen LogP contribution in [0.5, 0.6) is 0 Å². The average molecular weight is 1400 g/mol.